The lowest BCUT2D eigenvalue weighted by molar-refractivity contribution is -0.136. The third-order valence-electron chi connectivity index (χ3n) is 5.53. The van der Waals surface area contributed by atoms with Crippen LogP contribution in [0.1, 0.15) is 44.0 Å². The molecule has 4 amide bonds. The number of alkyl carbamates (subject to hydrolysis) is 1. The number of carbonyl (C=O) groups is 4. The van der Waals surface area contributed by atoms with Gasteiger partial charge in [0.1, 0.15) is 17.4 Å². The first-order chi connectivity index (χ1) is 17.8. The van der Waals surface area contributed by atoms with Crippen LogP contribution < -0.4 is 21.1 Å². The number of amides is 4. The van der Waals surface area contributed by atoms with Crippen LogP contribution in [0, 0.1) is 0 Å². The zero-order valence-electron chi connectivity index (χ0n) is 21.4. The lowest BCUT2D eigenvalue weighted by atomic mass is 10.1. The van der Waals surface area contributed by atoms with Gasteiger partial charge < -0.3 is 30.7 Å². The number of nitrogens with two attached hydrogens (primary N) is 1. The average molecular weight is 536 g/mol. The van der Waals surface area contributed by atoms with Crippen molar-refractivity contribution in [1.82, 2.24) is 20.5 Å². The van der Waals surface area contributed by atoms with Crippen molar-refractivity contribution in [3.05, 3.63) is 36.0 Å². The molecule has 13 heteroatoms. The normalized spacial score (nSPS) is 16.7. The highest BCUT2D eigenvalue weighted by Crippen LogP contribution is 2.32. The number of likely N-dealkylation sites (tertiary alicyclic amines) is 1. The van der Waals surface area contributed by atoms with Gasteiger partial charge >= 0.3 is 6.09 Å². The molecule has 0 bridgehead atoms. The van der Waals surface area contributed by atoms with Gasteiger partial charge in [-0.2, -0.15) is 0 Å². The van der Waals surface area contributed by atoms with Gasteiger partial charge in [-0.15, -0.1) is 0 Å². The van der Waals surface area contributed by atoms with Crippen molar-refractivity contribution in [1.29, 1.82) is 0 Å². The Kier molecular flexibility index (Phi) is 8.69. The molecule has 0 unspecified atom stereocenters. The molecule has 4 N–H and O–H groups in total. The molecule has 3 rings (SSSR count). The molecule has 0 aliphatic carbocycles. The van der Waals surface area contributed by atoms with Gasteiger partial charge in [-0.3, -0.25) is 19.4 Å². The lowest BCUT2D eigenvalue weighted by Gasteiger charge is -2.21. The molecule has 206 valence electrons. The summed E-state index contributed by atoms with van der Waals surface area (Å²) >= 11 is 0. The molecule has 1 aliphatic heterocycles. The number of nitrogens with one attached hydrogen (secondary N) is 2. The van der Waals surface area contributed by atoms with Gasteiger partial charge in [0.05, 0.1) is 30.8 Å². The number of benzene rings is 1. The molecule has 1 saturated heterocycles. The van der Waals surface area contributed by atoms with Crippen LogP contribution in [0.25, 0.3) is 10.9 Å². The van der Waals surface area contributed by atoms with Crippen molar-refractivity contribution in [2.45, 2.75) is 51.2 Å². The van der Waals surface area contributed by atoms with Crippen LogP contribution in [-0.2, 0) is 14.3 Å². The van der Waals surface area contributed by atoms with Gasteiger partial charge in [0, 0.05) is 24.5 Å². The van der Waals surface area contributed by atoms with Crippen molar-refractivity contribution in [2.75, 3.05) is 26.2 Å². The predicted octanol–water partition coefficient (Wildman–Crippen LogP) is 1.98. The second-order valence-electron chi connectivity index (χ2n) is 9.85. The summed E-state index contributed by atoms with van der Waals surface area (Å²) < 4.78 is 38.4. The number of carbonyl (C=O) groups excluding carboxylic acids is 4. The summed E-state index contributed by atoms with van der Waals surface area (Å²) in [5.74, 6) is -5.29. The Balaban J connectivity index is 1.58. The Labute approximate surface area is 218 Å². The molecule has 1 aromatic heterocycles. The molecule has 1 fully saturated rings. The van der Waals surface area contributed by atoms with E-state index >= 15 is 0 Å². The molecule has 0 spiro atoms. The van der Waals surface area contributed by atoms with E-state index in [1.54, 1.807) is 39.0 Å². The predicted molar refractivity (Wildman–Crippen MR) is 133 cm³/mol. The van der Waals surface area contributed by atoms with Crippen molar-refractivity contribution >= 4 is 34.7 Å². The summed E-state index contributed by atoms with van der Waals surface area (Å²) in [6, 6.07) is 4.97. The van der Waals surface area contributed by atoms with E-state index in [-0.39, 0.29) is 12.2 Å². The second kappa shape index (κ2) is 11.6. The fourth-order valence-electron chi connectivity index (χ4n) is 3.87. The maximum atomic E-state index is 13.7. The van der Waals surface area contributed by atoms with Crippen LogP contribution in [0.3, 0.4) is 0 Å². The van der Waals surface area contributed by atoms with E-state index in [4.69, 9.17) is 15.2 Å². The first-order valence-corrected chi connectivity index (χ1v) is 12.0. The molecule has 1 aliphatic rings. The van der Waals surface area contributed by atoms with Gasteiger partial charge in [0.15, 0.2) is 0 Å². The Morgan fingerprint density at radius 1 is 1.18 bits per heavy atom. The standard InChI is InChI=1S/C25H31F2N5O6/c1-24(2,3)38-23(36)30-8-4-10-37-15-5-6-18-17(11-15)16(7-9-29-18)22(35)31-13-20(33)32-14-25(26,27)12-19(32)21(28)34/h5-7,9,11,19H,4,8,10,12-14H2,1-3H3,(H2,28,34)(H,30,36)(H,31,35)/t19-/m0/s1. The maximum absolute atomic E-state index is 13.7. The molecular formula is C25H31F2N5O6. The van der Waals surface area contributed by atoms with E-state index < -0.39 is 60.9 Å². The second-order valence-corrected chi connectivity index (χ2v) is 9.85. The Morgan fingerprint density at radius 2 is 1.92 bits per heavy atom. The van der Waals surface area contributed by atoms with Gasteiger partial charge in [-0.1, -0.05) is 0 Å². The summed E-state index contributed by atoms with van der Waals surface area (Å²) in [5, 5.41) is 5.49. The fraction of sp³-hybridized carbons (Fsp3) is 0.480. The molecule has 2 heterocycles. The molecule has 11 nitrogen and oxygen atoms in total. The monoisotopic (exact) mass is 535 g/mol. The SMILES string of the molecule is CC(C)(C)OC(=O)NCCCOc1ccc2nccc(C(=O)NCC(=O)N3CC(F)(F)C[C@H]3C(N)=O)c2c1. The first-order valence-electron chi connectivity index (χ1n) is 12.0. The van der Waals surface area contributed by atoms with E-state index in [9.17, 15) is 28.0 Å². The number of rotatable bonds is 9. The molecule has 1 atom stereocenters. The maximum Gasteiger partial charge on any atom is 0.407 e. The third kappa shape index (κ3) is 7.73. The number of fused-ring (bicyclic) bond motifs is 1. The minimum atomic E-state index is -3.23. The number of ether oxygens (including phenoxy) is 2. The molecular weight excluding hydrogens is 504 g/mol. The number of aromatic nitrogens is 1. The topological polar surface area (TPSA) is 153 Å². The number of nitrogens with zero attached hydrogens (tertiary/aromatic N) is 2. The van der Waals surface area contributed by atoms with E-state index in [0.717, 1.165) is 0 Å². The van der Waals surface area contributed by atoms with E-state index in [1.807, 2.05) is 0 Å². The van der Waals surface area contributed by atoms with Crippen molar-refractivity contribution < 1.29 is 37.4 Å². The van der Waals surface area contributed by atoms with Gasteiger partial charge in [-0.05, 0) is 51.5 Å². The summed E-state index contributed by atoms with van der Waals surface area (Å²) in [5.41, 5.74) is 5.26. The van der Waals surface area contributed by atoms with Gasteiger partial charge in [0.25, 0.3) is 11.8 Å². The number of alkyl halides is 2. The fourth-order valence-corrected chi connectivity index (χ4v) is 3.87. The number of pyridine rings is 1. The summed E-state index contributed by atoms with van der Waals surface area (Å²) in [4.78, 5) is 53.4. The van der Waals surface area contributed by atoms with Crippen LogP contribution in [0.5, 0.6) is 5.75 Å². The Bertz CT molecular complexity index is 1220. The molecule has 0 saturated carbocycles. The summed E-state index contributed by atoms with van der Waals surface area (Å²) in [6.07, 6.45) is 0.553. The lowest BCUT2D eigenvalue weighted by Crippen LogP contribution is -2.47. The highest BCUT2D eigenvalue weighted by molar-refractivity contribution is 6.07. The van der Waals surface area contributed by atoms with Crippen molar-refractivity contribution in [3.63, 3.8) is 0 Å². The van der Waals surface area contributed by atoms with Crippen LogP contribution in [0.2, 0.25) is 0 Å². The van der Waals surface area contributed by atoms with Crippen LogP contribution in [0.15, 0.2) is 30.5 Å². The average Bonchev–Trinajstić information content (AvgIpc) is 3.16. The molecule has 38 heavy (non-hydrogen) atoms. The van der Waals surface area contributed by atoms with Crippen molar-refractivity contribution in [2.24, 2.45) is 5.73 Å². The highest BCUT2D eigenvalue weighted by atomic mass is 19.3. The van der Waals surface area contributed by atoms with Crippen LogP contribution in [-0.4, -0.2) is 77.5 Å². The minimum Gasteiger partial charge on any atom is -0.494 e. The van der Waals surface area contributed by atoms with Crippen LogP contribution >= 0.6 is 0 Å². The molecule has 2 aromatic rings. The minimum absolute atomic E-state index is 0.193. The quantitative estimate of drug-likeness (QED) is 0.415. The largest absolute Gasteiger partial charge is 0.494 e. The first kappa shape index (κ1) is 28.5. The van der Waals surface area contributed by atoms with E-state index in [2.05, 4.69) is 15.6 Å². The summed E-state index contributed by atoms with van der Waals surface area (Å²) in [6.45, 7) is 4.38. The zero-order valence-corrected chi connectivity index (χ0v) is 21.4. The zero-order chi connectivity index (χ0) is 28.1. The molecule has 0 radical (unpaired) electrons. The number of halogens is 2. The highest BCUT2D eigenvalue weighted by Gasteiger charge is 2.49. The number of hydrogen-bond donors (Lipinski definition) is 3. The van der Waals surface area contributed by atoms with Gasteiger partial charge in [-0.25, -0.2) is 13.6 Å². The number of primary amides is 1. The molecule has 1 aromatic carbocycles. The Morgan fingerprint density at radius 3 is 2.61 bits per heavy atom. The van der Waals surface area contributed by atoms with Gasteiger partial charge in [0.2, 0.25) is 11.8 Å². The summed E-state index contributed by atoms with van der Waals surface area (Å²) in [7, 11) is 0. The smallest absolute Gasteiger partial charge is 0.407 e. The number of hydrogen-bond acceptors (Lipinski definition) is 7. The van der Waals surface area contributed by atoms with E-state index in [0.29, 0.717) is 34.5 Å². The third-order valence-corrected chi connectivity index (χ3v) is 5.53. The Hall–Kier alpha value is -4.03. The van der Waals surface area contributed by atoms with Crippen LogP contribution in [0.4, 0.5) is 13.6 Å². The van der Waals surface area contributed by atoms with E-state index in [1.165, 1.54) is 12.3 Å². The van der Waals surface area contributed by atoms with Crippen molar-refractivity contribution in [3.8, 4) is 5.75 Å².